The van der Waals surface area contributed by atoms with E-state index in [-0.39, 0.29) is 5.91 Å². The standard InChI is InChI=1S/C22H19Cl2NO3/c1-15(28-19-11-12-20(23)21(24)13-19)22(26)25-17-7-9-18(10-8-17)27-14-16-5-3-2-4-6-16/h2-13,15H,14H2,1H3,(H,25,26)/t15-/m0/s1. The Hall–Kier alpha value is -2.69. The van der Waals surface area contributed by atoms with Crippen molar-refractivity contribution in [3.8, 4) is 11.5 Å². The lowest BCUT2D eigenvalue weighted by molar-refractivity contribution is -0.122. The first kappa shape index (κ1) is 20.1. The summed E-state index contributed by atoms with van der Waals surface area (Å²) in [6.45, 7) is 2.15. The number of hydrogen-bond donors (Lipinski definition) is 1. The van der Waals surface area contributed by atoms with Crippen LogP contribution in [-0.2, 0) is 11.4 Å². The third kappa shape index (κ3) is 5.65. The molecule has 0 saturated heterocycles. The lowest BCUT2D eigenvalue weighted by Crippen LogP contribution is -2.30. The van der Waals surface area contributed by atoms with Crippen LogP contribution in [0.15, 0.2) is 72.8 Å². The Morgan fingerprint density at radius 3 is 2.29 bits per heavy atom. The highest BCUT2D eigenvalue weighted by atomic mass is 35.5. The molecular weight excluding hydrogens is 397 g/mol. The summed E-state index contributed by atoms with van der Waals surface area (Å²) in [4.78, 5) is 12.3. The Labute approximate surface area is 174 Å². The van der Waals surface area contributed by atoms with Crippen LogP contribution in [-0.4, -0.2) is 12.0 Å². The van der Waals surface area contributed by atoms with E-state index in [1.54, 1.807) is 37.3 Å². The largest absolute Gasteiger partial charge is 0.489 e. The number of anilines is 1. The summed E-state index contributed by atoms with van der Waals surface area (Å²) >= 11 is 11.8. The van der Waals surface area contributed by atoms with E-state index in [1.165, 1.54) is 0 Å². The van der Waals surface area contributed by atoms with Crippen molar-refractivity contribution < 1.29 is 14.3 Å². The highest BCUT2D eigenvalue weighted by molar-refractivity contribution is 6.42. The van der Waals surface area contributed by atoms with Gasteiger partial charge < -0.3 is 14.8 Å². The Kier molecular flexibility index (Phi) is 6.80. The van der Waals surface area contributed by atoms with Crippen molar-refractivity contribution in [3.05, 3.63) is 88.4 Å². The van der Waals surface area contributed by atoms with Crippen molar-refractivity contribution in [2.24, 2.45) is 0 Å². The molecule has 0 spiro atoms. The number of rotatable bonds is 7. The second-order valence-electron chi connectivity index (χ2n) is 6.12. The van der Waals surface area contributed by atoms with Crippen LogP contribution >= 0.6 is 23.2 Å². The van der Waals surface area contributed by atoms with Gasteiger partial charge in [0.25, 0.3) is 5.91 Å². The fourth-order valence-electron chi connectivity index (χ4n) is 2.43. The minimum Gasteiger partial charge on any atom is -0.489 e. The summed E-state index contributed by atoms with van der Waals surface area (Å²) in [5, 5.41) is 3.61. The highest BCUT2D eigenvalue weighted by Gasteiger charge is 2.15. The smallest absolute Gasteiger partial charge is 0.265 e. The zero-order valence-electron chi connectivity index (χ0n) is 15.2. The van der Waals surface area contributed by atoms with Crippen molar-refractivity contribution in [1.82, 2.24) is 0 Å². The molecule has 0 aliphatic heterocycles. The molecule has 144 valence electrons. The molecule has 0 aliphatic carbocycles. The van der Waals surface area contributed by atoms with Gasteiger partial charge in [0.2, 0.25) is 0 Å². The molecule has 6 heteroatoms. The maximum absolute atomic E-state index is 12.3. The molecule has 3 rings (SSSR count). The van der Waals surface area contributed by atoms with Gasteiger partial charge in [0.15, 0.2) is 6.10 Å². The average Bonchev–Trinajstić information content (AvgIpc) is 2.71. The van der Waals surface area contributed by atoms with Gasteiger partial charge in [-0.1, -0.05) is 53.5 Å². The number of amides is 1. The second kappa shape index (κ2) is 9.49. The molecule has 1 amide bonds. The highest BCUT2D eigenvalue weighted by Crippen LogP contribution is 2.27. The molecule has 0 heterocycles. The first-order chi connectivity index (χ1) is 13.5. The number of hydrogen-bond acceptors (Lipinski definition) is 3. The average molecular weight is 416 g/mol. The lowest BCUT2D eigenvalue weighted by Gasteiger charge is -2.15. The van der Waals surface area contributed by atoms with Crippen molar-refractivity contribution in [3.63, 3.8) is 0 Å². The van der Waals surface area contributed by atoms with Gasteiger partial charge >= 0.3 is 0 Å². The maximum atomic E-state index is 12.3. The lowest BCUT2D eigenvalue weighted by atomic mass is 10.2. The van der Waals surface area contributed by atoms with Crippen molar-refractivity contribution >= 4 is 34.8 Å². The summed E-state index contributed by atoms with van der Waals surface area (Å²) in [5.41, 5.74) is 1.75. The molecule has 0 radical (unpaired) electrons. The van der Waals surface area contributed by atoms with E-state index in [2.05, 4.69) is 5.32 Å². The molecular formula is C22H19Cl2NO3. The monoisotopic (exact) mass is 415 g/mol. The van der Waals surface area contributed by atoms with Crippen molar-refractivity contribution in [2.45, 2.75) is 19.6 Å². The van der Waals surface area contributed by atoms with Gasteiger partial charge in [0, 0.05) is 11.8 Å². The van der Waals surface area contributed by atoms with Crippen LogP contribution in [0.2, 0.25) is 10.0 Å². The molecule has 0 aromatic heterocycles. The number of benzene rings is 3. The third-order valence-corrected chi connectivity index (χ3v) is 4.68. The van der Waals surface area contributed by atoms with E-state index in [4.69, 9.17) is 32.7 Å². The van der Waals surface area contributed by atoms with E-state index in [0.29, 0.717) is 28.1 Å². The predicted molar refractivity (Wildman–Crippen MR) is 112 cm³/mol. The number of halogens is 2. The summed E-state index contributed by atoms with van der Waals surface area (Å²) < 4.78 is 11.4. The summed E-state index contributed by atoms with van der Waals surface area (Å²) in [7, 11) is 0. The molecule has 0 saturated carbocycles. The molecule has 1 N–H and O–H groups in total. The molecule has 0 unspecified atom stereocenters. The first-order valence-electron chi connectivity index (χ1n) is 8.70. The Morgan fingerprint density at radius 1 is 0.929 bits per heavy atom. The van der Waals surface area contributed by atoms with E-state index >= 15 is 0 Å². The van der Waals surface area contributed by atoms with Crippen LogP contribution < -0.4 is 14.8 Å². The van der Waals surface area contributed by atoms with Crippen molar-refractivity contribution in [2.75, 3.05) is 5.32 Å². The summed E-state index contributed by atoms with van der Waals surface area (Å²) in [6, 6.07) is 22.0. The molecule has 0 bridgehead atoms. The molecule has 4 nitrogen and oxygen atoms in total. The second-order valence-corrected chi connectivity index (χ2v) is 6.94. The minimum absolute atomic E-state index is 0.274. The zero-order valence-corrected chi connectivity index (χ0v) is 16.7. The van der Waals surface area contributed by atoms with Gasteiger partial charge in [-0.15, -0.1) is 0 Å². The fourth-order valence-corrected chi connectivity index (χ4v) is 2.72. The topological polar surface area (TPSA) is 47.6 Å². The van der Waals surface area contributed by atoms with Crippen LogP contribution in [0.25, 0.3) is 0 Å². The van der Waals surface area contributed by atoms with E-state index in [0.717, 1.165) is 11.3 Å². The van der Waals surface area contributed by atoms with Crippen LogP contribution in [0.4, 0.5) is 5.69 Å². The Morgan fingerprint density at radius 2 is 1.61 bits per heavy atom. The maximum Gasteiger partial charge on any atom is 0.265 e. The number of nitrogens with one attached hydrogen (secondary N) is 1. The van der Waals surface area contributed by atoms with Gasteiger partial charge in [-0.2, -0.15) is 0 Å². The summed E-state index contributed by atoms with van der Waals surface area (Å²) in [5.74, 6) is 0.924. The first-order valence-corrected chi connectivity index (χ1v) is 9.46. The quantitative estimate of drug-likeness (QED) is 0.516. The minimum atomic E-state index is -0.703. The van der Waals surface area contributed by atoms with Crippen LogP contribution in [0.1, 0.15) is 12.5 Å². The van der Waals surface area contributed by atoms with Gasteiger partial charge in [-0.25, -0.2) is 0 Å². The zero-order chi connectivity index (χ0) is 19.9. The number of ether oxygens (including phenoxy) is 2. The Balaban J connectivity index is 1.52. The number of carbonyl (C=O) groups excluding carboxylic acids is 1. The predicted octanol–water partition coefficient (Wildman–Crippen LogP) is 5.98. The summed E-state index contributed by atoms with van der Waals surface area (Å²) in [6.07, 6.45) is -0.703. The molecule has 0 fully saturated rings. The van der Waals surface area contributed by atoms with E-state index in [1.807, 2.05) is 42.5 Å². The normalized spacial score (nSPS) is 11.5. The van der Waals surface area contributed by atoms with Crippen LogP contribution in [0.5, 0.6) is 11.5 Å². The SMILES string of the molecule is C[C@H](Oc1ccc(Cl)c(Cl)c1)C(=O)Nc1ccc(OCc2ccccc2)cc1. The molecule has 3 aromatic rings. The number of carbonyl (C=O) groups is 1. The fraction of sp³-hybridized carbons (Fsp3) is 0.136. The van der Waals surface area contributed by atoms with Crippen molar-refractivity contribution in [1.29, 1.82) is 0 Å². The Bertz CT molecular complexity index is 930. The molecule has 28 heavy (non-hydrogen) atoms. The van der Waals surface area contributed by atoms with E-state index in [9.17, 15) is 4.79 Å². The molecule has 3 aromatic carbocycles. The van der Waals surface area contributed by atoms with E-state index < -0.39 is 6.10 Å². The van der Waals surface area contributed by atoms with Gasteiger partial charge in [-0.05, 0) is 48.9 Å². The van der Waals surface area contributed by atoms with Crippen LogP contribution in [0.3, 0.4) is 0 Å². The van der Waals surface area contributed by atoms with Gasteiger partial charge in [0.05, 0.1) is 10.0 Å². The third-order valence-electron chi connectivity index (χ3n) is 3.94. The molecule has 0 aliphatic rings. The van der Waals surface area contributed by atoms with Crippen LogP contribution in [0, 0.1) is 0 Å². The molecule has 1 atom stereocenters. The van der Waals surface area contributed by atoms with Gasteiger partial charge in [0.1, 0.15) is 18.1 Å². The van der Waals surface area contributed by atoms with Gasteiger partial charge in [-0.3, -0.25) is 4.79 Å².